The molecule has 0 aliphatic carbocycles. The van der Waals surface area contributed by atoms with Crippen molar-refractivity contribution in [1.82, 2.24) is 0 Å². The van der Waals surface area contributed by atoms with Crippen molar-refractivity contribution in [2.75, 3.05) is 12.4 Å². The molecule has 24 heavy (non-hydrogen) atoms. The highest BCUT2D eigenvalue weighted by atomic mass is 32.1. The van der Waals surface area contributed by atoms with Crippen LogP contribution in [-0.4, -0.2) is 12.2 Å². The minimum Gasteiger partial charge on any atom is -0.504 e. The Bertz CT molecular complexity index is 869. The highest BCUT2D eigenvalue weighted by Crippen LogP contribution is 2.48. The second-order valence-electron chi connectivity index (χ2n) is 4.90. The molecule has 0 spiro atoms. The van der Waals surface area contributed by atoms with Crippen LogP contribution in [-0.2, 0) is 6.18 Å². The standard InChI is InChI=1S/C16H11F4NO2S/c1-21-15-12(13(22)14(23-15)11-3-2-6-24-11)9-7-8(16(18,19)20)4-5-10(9)17/h2-7,21-22H,1H3. The highest BCUT2D eigenvalue weighted by molar-refractivity contribution is 7.13. The smallest absolute Gasteiger partial charge is 0.416 e. The lowest BCUT2D eigenvalue weighted by molar-refractivity contribution is -0.137. The number of aromatic hydroxyl groups is 1. The van der Waals surface area contributed by atoms with Gasteiger partial charge in [0.2, 0.25) is 5.88 Å². The van der Waals surface area contributed by atoms with Crippen LogP contribution in [0.3, 0.4) is 0 Å². The molecule has 0 bridgehead atoms. The van der Waals surface area contributed by atoms with Gasteiger partial charge in [0.05, 0.1) is 16.0 Å². The van der Waals surface area contributed by atoms with Gasteiger partial charge < -0.3 is 14.8 Å². The monoisotopic (exact) mass is 357 g/mol. The van der Waals surface area contributed by atoms with Crippen molar-refractivity contribution in [3.05, 3.63) is 47.1 Å². The van der Waals surface area contributed by atoms with E-state index in [1.54, 1.807) is 17.5 Å². The van der Waals surface area contributed by atoms with E-state index in [2.05, 4.69) is 5.32 Å². The van der Waals surface area contributed by atoms with Gasteiger partial charge >= 0.3 is 6.18 Å². The third kappa shape index (κ3) is 2.73. The summed E-state index contributed by atoms with van der Waals surface area (Å²) in [5, 5.41) is 14.8. The third-order valence-corrected chi connectivity index (χ3v) is 4.29. The fourth-order valence-electron chi connectivity index (χ4n) is 2.32. The van der Waals surface area contributed by atoms with Gasteiger partial charge in [-0.15, -0.1) is 11.3 Å². The summed E-state index contributed by atoms with van der Waals surface area (Å²) in [6, 6.07) is 5.42. The van der Waals surface area contributed by atoms with E-state index in [0.29, 0.717) is 17.0 Å². The molecule has 0 radical (unpaired) electrons. The van der Waals surface area contributed by atoms with Crippen molar-refractivity contribution >= 4 is 17.2 Å². The molecule has 2 aromatic heterocycles. The first-order chi connectivity index (χ1) is 11.3. The average Bonchev–Trinajstić information content (AvgIpc) is 3.14. The van der Waals surface area contributed by atoms with Crippen LogP contribution in [0.4, 0.5) is 23.4 Å². The molecular weight excluding hydrogens is 346 g/mol. The molecule has 0 saturated heterocycles. The number of thiophene rings is 1. The molecule has 0 fully saturated rings. The predicted molar refractivity (Wildman–Crippen MR) is 83.6 cm³/mol. The second-order valence-corrected chi connectivity index (χ2v) is 5.85. The van der Waals surface area contributed by atoms with Crippen molar-refractivity contribution in [3.8, 4) is 27.5 Å². The molecule has 126 valence electrons. The van der Waals surface area contributed by atoms with Gasteiger partial charge in [-0.2, -0.15) is 13.2 Å². The first kappa shape index (κ1) is 16.4. The zero-order valence-electron chi connectivity index (χ0n) is 12.2. The van der Waals surface area contributed by atoms with Gasteiger partial charge in [-0.05, 0) is 29.6 Å². The number of nitrogens with one attached hydrogen (secondary N) is 1. The van der Waals surface area contributed by atoms with Crippen LogP contribution in [0.5, 0.6) is 5.75 Å². The summed E-state index contributed by atoms with van der Waals surface area (Å²) in [5.41, 5.74) is -1.55. The number of furan rings is 1. The Morgan fingerprint density at radius 1 is 1.21 bits per heavy atom. The number of hydrogen-bond donors (Lipinski definition) is 2. The van der Waals surface area contributed by atoms with Crippen LogP contribution < -0.4 is 5.32 Å². The van der Waals surface area contributed by atoms with Crippen LogP contribution in [0.2, 0.25) is 0 Å². The van der Waals surface area contributed by atoms with Gasteiger partial charge in [-0.1, -0.05) is 6.07 Å². The normalized spacial score (nSPS) is 11.7. The van der Waals surface area contributed by atoms with Crippen LogP contribution in [0, 0.1) is 5.82 Å². The topological polar surface area (TPSA) is 45.4 Å². The zero-order chi connectivity index (χ0) is 17.5. The van der Waals surface area contributed by atoms with Gasteiger partial charge in [-0.25, -0.2) is 4.39 Å². The van der Waals surface area contributed by atoms with Crippen LogP contribution >= 0.6 is 11.3 Å². The van der Waals surface area contributed by atoms with E-state index < -0.39 is 28.9 Å². The molecule has 3 aromatic rings. The number of rotatable bonds is 3. The maximum atomic E-state index is 14.1. The van der Waals surface area contributed by atoms with E-state index in [1.165, 1.54) is 18.4 Å². The largest absolute Gasteiger partial charge is 0.504 e. The second kappa shape index (κ2) is 5.86. The van der Waals surface area contributed by atoms with Crippen LogP contribution in [0.25, 0.3) is 21.8 Å². The molecule has 2 heterocycles. The molecule has 3 rings (SSSR count). The quantitative estimate of drug-likeness (QED) is 0.602. The molecule has 0 amide bonds. The van der Waals surface area contributed by atoms with Gasteiger partial charge in [0.1, 0.15) is 5.82 Å². The summed E-state index contributed by atoms with van der Waals surface area (Å²) in [4.78, 5) is 0.572. The van der Waals surface area contributed by atoms with Crippen molar-refractivity contribution in [1.29, 1.82) is 0 Å². The number of alkyl halides is 3. The van der Waals surface area contributed by atoms with Gasteiger partial charge in [0.15, 0.2) is 11.5 Å². The molecule has 0 aliphatic heterocycles. The SMILES string of the molecule is CNc1oc(-c2cccs2)c(O)c1-c1cc(C(F)(F)F)ccc1F. The Hall–Kier alpha value is -2.48. The van der Waals surface area contributed by atoms with E-state index in [9.17, 15) is 22.7 Å². The van der Waals surface area contributed by atoms with E-state index in [1.807, 2.05) is 0 Å². The number of anilines is 1. The lowest BCUT2D eigenvalue weighted by Crippen LogP contribution is -2.05. The third-order valence-electron chi connectivity index (χ3n) is 3.42. The van der Waals surface area contributed by atoms with Crippen molar-refractivity contribution in [2.24, 2.45) is 0 Å². The lowest BCUT2D eigenvalue weighted by Gasteiger charge is -2.10. The summed E-state index contributed by atoms with van der Waals surface area (Å²) < 4.78 is 58.3. The molecule has 8 heteroatoms. The molecule has 2 N–H and O–H groups in total. The maximum Gasteiger partial charge on any atom is 0.416 e. The van der Waals surface area contributed by atoms with E-state index in [0.717, 1.165) is 6.07 Å². The first-order valence-corrected chi connectivity index (χ1v) is 7.65. The zero-order valence-corrected chi connectivity index (χ0v) is 13.1. The Balaban J connectivity index is 2.23. The Labute approximate surface area is 138 Å². The van der Waals surface area contributed by atoms with Gasteiger partial charge in [0.25, 0.3) is 0 Å². The van der Waals surface area contributed by atoms with E-state index >= 15 is 0 Å². The van der Waals surface area contributed by atoms with Gasteiger partial charge in [-0.3, -0.25) is 0 Å². The molecule has 0 saturated carbocycles. The number of benzene rings is 1. The van der Waals surface area contributed by atoms with Crippen molar-refractivity contribution in [3.63, 3.8) is 0 Å². The van der Waals surface area contributed by atoms with Crippen LogP contribution in [0.15, 0.2) is 40.1 Å². The molecule has 1 aromatic carbocycles. The number of hydrogen-bond acceptors (Lipinski definition) is 4. The average molecular weight is 357 g/mol. The fourth-order valence-corrected chi connectivity index (χ4v) is 3.02. The van der Waals surface area contributed by atoms with E-state index in [-0.39, 0.29) is 17.2 Å². The Morgan fingerprint density at radius 3 is 2.54 bits per heavy atom. The van der Waals surface area contributed by atoms with E-state index in [4.69, 9.17) is 4.42 Å². The Morgan fingerprint density at radius 2 is 1.96 bits per heavy atom. The molecule has 0 atom stereocenters. The lowest BCUT2D eigenvalue weighted by atomic mass is 10.0. The Kier molecular flexibility index (Phi) is 4.00. The maximum absolute atomic E-state index is 14.1. The van der Waals surface area contributed by atoms with Crippen molar-refractivity contribution < 1.29 is 27.1 Å². The van der Waals surface area contributed by atoms with Crippen LogP contribution in [0.1, 0.15) is 5.56 Å². The molecule has 3 nitrogen and oxygen atoms in total. The predicted octanol–water partition coefficient (Wildman–Crippen LogP) is 5.58. The first-order valence-electron chi connectivity index (χ1n) is 6.77. The summed E-state index contributed by atoms with van der Waals surface area (Å²) >= 11 is 1.27. The number of halogens is 4. The minimum atomic E-state index is -4.63. The molecule has 0 unspecified atom stereocenters. The minimum absolute atomic E-state index is 0.0193. The molecular formula is C16H11F4NO2S. The summed E-state index contributed by atoms with van der Waals surface area (Å²) in [6.45, 7) is 0. The van der Waals surface area contributed by atoms with Crippen molar-refractivity contribution in [2.45, 2.75) is 6.18 Å². The summed E-state index contributed by atoms with van der Waals surface area (Å²) in [7, 11) is 1.46. The molecule has 0 aliphatic rings. The fraction of sp³-hybridized carbons (Fsp3) is 0.125. The summed E-state index contributed by atoms with van der Waals surface area (Å²) in [5.74, 6) is -1.26. The summed E-state index contributed by atoms with van der Waals surface area (Å²) in [6.07, 6.45) is -4.63. The highest BCUT2D eigenvalue weighted by Gasteiger charge is 2.33. The van der Waals surface area contributed by atoms with Gasteiger partial charge in [0, 0.05) is 12.6 Å².